The minimum atomic E-state index is -3.74. The van der Waals surface area contributed by atoms with Gasteiger partial charge in [-0.1, -0.05) is 36.4 Å². The van der Waals surface area contributed by atoms with Crippen LogP contribution in [0, 0.1) is 5.82 Å². The largest absolute Gasteiger partial charge is 0.392 e. The molecule has 146 valence electrons. The Bertz CT molecular complexity index is 928. The first-order chi connectivity index (χ1) is 12.6. The summed E-state index contributed by atoms with van der Waals surface area (Å²) in [6.07, 6.45) is 1.25. The molecule has 0 heterocycles. The van der Waals surface area contributed by atoms with Crippen LogP contribution >= 0.6 is 0 Å². The molecule has 3 N–H and O–H groups in total. The molecule has 0 aliphatic rings. The van der Waals surface area contributed by atoms with E-state index in [0.717, 1.165) is 17.4 Å². The molecule has 27 heavy (non-hydrogen) atoms. The summed E-state index contributed by atoms with van der Waals surface area (Å²) < 4.78 is 36.0. The van der Waals surface area contributed by atoms with Gasteiger partial charge in [-0.05, 0) is 42.5 Å². The van der Waals surface area contributed by atoms with Crippen molar-refractivity contribution in [2.45, 2.75) is 31.1 Å². The summed E-state index contributed by atoms with van der Waals surface area (Å²) in [6, 6.07) is 11.6. The van der Waals surface area contributed by atoms with Gasteiger partial charge in [0.2, 0.25) is 0 Å². The van der Waals surface area contributed by atoms with Crippen molar-refractivity contribution in [1.82, 2.24) is 5.48 Å². The third kappa shape index (κ3) is 4.52. The Balaban J connectivity index is 2.18. The number of aliphatic hydroxyl groups is 1. The molecule has 2 rings (SSSR count). The van der Waals surface area contributed by atoms with Gasteiger partial charge in [-0.3, -0.25) is 10.0 Å². The summed E-state index contributed by atoms with van der Waals surface area (Å²) in [5.41, 5.74) is 3.85. The molecule has 1 atom stereocenters. The van der Waals surface area contributed by atoms with Crippen molar-refractivity contribution in [3.8, 4) is 11.1 Å². The van der Waals surface area contributed by atoms with Crippen LogP contribution in [-0.4, -0.2) is 35.6 Å². The third-order valence-corrected chi connectivity index (χ3v) is 6.83. The molecule has 2 aromatic carbocycles. The van der Waals surface area contributed by atoms with Gasteiger partial charge in [0.05, 0.1) is 6.61 Å². The quantitative estimate of drug-likeness (QED) is 0.493. The molecular weight excluding hydrogens is 373 g/mol. The van der Waals surface area contributed by atoms with E-state index in [1.807, 2.05) is 0 Å². The summed E-state index contributed by atoms with van der Waals surface area (Å²) in [7, 11) is -3.74. The van der Waals surface area contributed by atoms with E-state index in [0.29, 0.717) is 12.0 Å². The van der Waals surface area contributed by atoms with E-state index >= 15 is 0 Å². The highest BCUT2D eigenvalue weighted by Crippen LogP contribution is 2.26. The number of hydrogen-bond donors (Lipinski definition) is 3. The van der Waals surface area contributed by atoms with Crippen LogP contribution in [0.15, 0.2) is 42.5 Å². The number of rotatable bonds is 7. The Kier molecular flexibility index (Phi) is 6.35. The molecule has 0 spiro atoms. The molecule has 0 bridgehead atoms. The van der Waals surface area contributed by atoms with Crippen molar-refractivity contribution in [2.75, 3.05) is 6.26 Å². The summed E-state index contributed by atoms with van der Waals surface area (Å²) in [4.78, 5) is 11.8. The van der Waals surface area contributed by atoms with Gasteiger partial charge in [-0.15, -0.1) is 0 Å². The maximum Gasteiger partial charge on any atom is 0.264 e. The topological polar surface area (TPSA) is 104 Å². The van der Waals surface area contributed by atoms with Crippen LogP contribution in [0.5, 0.6) is 0 Å². The maximum atomic E-state index is 13.8. The van der Waals surface area contributed by atoms with Crippen LogP contribution in [0.2, 0.25) is 0 Å². The number of hydroxylamine groups is 1. The lowest BCUT2D eigenvalue weighted by Crippen LogP contribution is -2.49. The van der Waals surface area contributed by atoms with Crippen molar-refractivity contribution < 1.29 is 27.9 Å². The lowest BCUT2D eigenvalue weighted by Gasteiger charge is -2.25. The molecule has 8 heteroatoms. The van der Waals surface area contributed by atoms with E-state index in [2.05, 4.69) is 0 Å². The second-order valence-electron chi connectivity index (χ2n) is 6.61. The molecule has 1 unspecified atom stereocenters. The molecule has 0 radical (unpaired) electrons. The van der Waals surface area contributed by atoms with Crippen molar-refractivity contribution in [2.24, 2.45) is 0 Å². The normalized spacial score (nSPS) is 13.8. The second-order valence-corrected chi connectivity index (χ2v) is 9.05. The summed E-state index contributed by atoms with van der Waals surface area (Å²) in [6.45, 7) is 0.902. The molecule has 0 aliphatic heterocycles. The Hall–Kier alpha value is -2.29. The minimum absolute atomic E-state index is 0.00258. The van der Waals surface area contributed by atoms with Crippen LogP contribution in [0.4, 0.5) is 4.39 Å². The zero-order valence-electron chi connectivity index (χ0n) is 15.1. The Morgan fingerprint density at radius 2 is 1.74 bits per heavy atom. The van der Waals surface area contributed by atoms with E-state index in [9.17, 15) is 17.6 Å². The number of sulfone groups is 1. The van der Waals surface area contributed by atoms with Crippen LogP contribution in [0.25, 0.3) is 11.1 Å². The predicted molar refractivity (Wildman–Crippen MR) is 99.3 cm³/mol. The highest BCUT2D eigenvalue weighted by atomic mass is 32.2. The summed E-state index contributed by atoms with van der Waals surface area (Å²) in [5.74, 6) is -1.46. The molecule has 0 aliphatic carbocycles. The van der Waals surface area contributed by atoms with Crippen LogP contribution in [0.3, 0.4) is 0 Å². The van der Waals surface area contributed by atoms with E-state index in [1.54, 1.807) is 30.3 Å². The van der Waals surface area contributed by atoms with Crippen molar-refractivity contribution in [3.05, 3.63) is 59.4 Å². The Labute approximate surface area is 157 Å². The Morgan fingerprint density at radius 3 is 2.22 bits per heavy atom. The van der Waals surface area contributed by atoms with Crippen molar-refractivity contribution in [1.29, 1.82) is 0 Å². The second kappa shape index (κ2) is 8.16. The zero-order valence-corrected chi connectivity index (χ0v) is 15.9. The van der Waals surface area contributed by atoms with Gasteiger partial charge in [0.25, 0.3) is 5.91 Å². The van der Waals surface area contributed by atoms with Gasteiger partial charge in [0, 0.05) is 11.8 Å². The number of amides is 1. The lowest BCUT2D eigenvalue weighted by molar-refractivity contribution is -0.131. The number of carbonyl (C=O) groups excluding carboxylic acids is 1. The molecule has 2 aromatic rings. The Morgan fingerprint density at radius 1 is 1.15 bits per heavy atom. The molecule has 0 saturated carbocycles. The first-order valence-corrected chi connectivity index (χ1v) is 10.1. The first kappa shape index (κ1) is 21.0. The van der Waals surface area contributed by atoms with Gasteiger partial charge < -0.3 is 5.11 Å². The monoisotopic (exact) mass is 395 g/mol. The number of nitrogens with one attached hydrogen (secondary N) is 1. The average molecular weight is 395 g/mol. The van der Waals surface area contributed by atoms with Crippen LogP contribution < -0.4 is 5.48 Å². The molecule has 6 nitrogen and oxygen atoms in total. The number of hydrogen-bond acceptors (Lipinski definition) is 5. The highest BCUT2D eigenvalue weighted by molar-refractivity contribution is 7.92. The molecule has 1 amide bonds. The fraction of sp³-hybridized carbons (Fsp3) is 0.316. The van der Waals surface area contributed by atoms with Crippen molar-refractivity contribution >= 4 is 15.7 Å². The van der Waals surface area contributed by atoms with E-state index in [-0.39, 0.29) is 18.6 Å². The van der Waals surface area contributed by atoms with Gasteiger partial charge in [0.1, 0.15) is 10.6 Å². The lowest BCUT2D eigenvalue weighted by atomic mass is 9.97. The van der Waals surface area contributed by atoms with Gasteiger partial charge >= 0.3 is 0 Å². The van der Waals surface area contributed by atoms with E-state index in [4.69, 9.17) is 10.3 Å². The van der Waals surface area contributed by atoms with Gasteiger partial charge in [-0.2, -0.15) is 0 Å². The molecule has 0 saturated heterocycles. The minimum Gasteiger partial charge on any atom is -0.392 e. The average Bonchev–Trinajstić information content (AvgIpc) is 2.64. The molecule has 0 aromatic heterocycles. The zero-order chi connectivity index (χ0) is 20.2. The molecular formula is C19H22FNO5S. The van der Waals surface area contributed by atoms with Crippen LogP contribution in [-0.2, 0) is 27.7 Å². The predicted octanol–water partition coefficient (Wildman–Crippen LogP) is 2.23. The maximum absolute atomic E-state index is 13.8. The smallest absolute Gasteiger partial charge is 0.264 e. The van der Waals surface area contributed by atoms with Crippen molar-refractivity contribution in [3.63, 3.8) is 0 Å². The van der Waals surface area contributed by atoms with E-state index < -0.39 is 26.3 Å². The van der Waals surface area contributed by atoms with E-state index in [1.165, 1.54) is 24.5 Å². The standard InChI is InChI=1S/C19H22FNO5S/c1-19(18(23)21-24,27(2,25)26)10-9-13-3-5-14(6-4-13)15-7-8-16(12-22)17(20)11-15/h3-8,11,22,24H,9-10,12H2,1-2H3,(H,21,23). The number of halogens is 1. The highest BCUT2D eigenvalue weighted by Gasteiger charge is 2.43. The number of benzene rings is 2. The fourth-order valence-electron chi connectivity index (χ4n) is 2.69. The third-order valence-electron chi connectivity index (χ3n) is 4.80. The molecule has 0 fully saturated rings. The number of aliphatic hydroxyl groups excluding tert-OH is 1. The van der Waals surface area contributed by atoms with Gasteiger partial charge in [-0.25, -0.2) is 18.3 Å². The fourth-order valence-corrected chi connectivity index (χ4v) is 3.54. The number of aryl methyl sites for hydroxylation is 1. The first-order valence-electron chi connectivity index (χ1n) is 8.25. The number of carbonyl (C=O) groups is 1. The summed E-state index contributed by atoms with van der Waals surface area (Å²) in [5, 5.41) is 17.9. The van der Waals surface area contributed by atoms with Gasteiger partial charge in [0.15, 0.2) is 9.84 Å². The summed E-state index contributed by atoms with van der Waals surface area (Å²) >= 11 is 0. The van der Waals surface area contributed by atoms with Crippen LogP contribution in [0.1, 0.15) is 24.5 Å². The SMILES string of the molecule is CC(CCc1ccc(-c2ccc(CO)c(F)c2)cc1)(C(=O)NO)S(C)(=O)=O.